The van der Waals surface area contributed by atoms with Gasteiger partial charge in [-0.15, -0.1) is 0 Å². The normalized spacial score (nSPS) is 18.2. The minimum absolute atomic E-state index is 0.261. The standard InChI is InChI=1S/C16H17FN2/c1-11-6-7-12-4-2-3-5-15(12)19(11)16-9-8-13(18)10-14(16)17/h2-5,8-11H,6-7,18H2,1H3. The van der Waals surface area contributed by atoms with Gasteiger partial charge in [-0.1, -0.05) is 18.2 Å². The summed E-state index contributed by atoms with van der Waals surface area (Å²) in [6.45, 7) is 2.13. The molecule has 19 heavy (non-hydrogen) atoms. The number of para-hydroxylation sites is 1. The Morgan fingerprint density at radius 3 is 2.74 bits per heavy atom. The van der Waals surface area contributed by atoms with Crippen LogP contribution in [0.3, 0.4) is 0 Å². The maximum absolute atomic E-state index is 14.2. The summed E-state index contributed by atoms with van der Waals surface area (Å²) in [5.74, 6) is -0.261. The predicted molar refractivity (Wildman–Crippen MR) is 77.2 cm³/mol. The molecule has 98 valence electrons. The first-order valence-electron chi connectivity index (χ1n) is 6.59. The molecule has 0 aliphatic carbocycles. The first-order chi connectivity index (χ1) is 9.16. The lowest BCUT2D eigenvalue weighted by Gasteiger charge is -2.37. The third-order valence-corrected chi connectivity index (χ3v) is 3.75. The smallest absolute Gasteiger partial charge is 0.148 e. The molecule has 0 aromatic heterocycles. The molecule has 0 radical (unpaired) electrons. The van der Waals surface area contributed by atoms with Crippen LogP contribution < -0.4 is 10.6 Å². The van der Waals surface area contributed by atoms with Crippen LogP contribution in [0, 0.1) is 5.82 Å². The zero-order valence-electron chi connectivity index (χ0n) is 10.9. The second kappa shape index (κ2) is 4.57. The number of nitrogens with zero attached hydrogens (tertiary/aromatic N) is 1. The van der Waals surface area contributed by atoms with Crippen molar-refractivity contribution in [3.05, 3.63) is 53.8 Å². The highest BCUT2D eigenvalue weighted by atomic mass is 19.1. The van der Waals surface area contributed by atoms with Crippen LogP contribution in [-0.2, 0) is 6.42 Å². The van der Waals surface area contributed by atoms with E-state index in [0.717, 1.165) is 18.5 Å². The van der Waals surface area contributed by atoms with E-state index in [1.165, 1.54) is 11.6 Å². The Bertz CT molecular complexity index is 609. The van der Waals surface area contributed by atoms with Crippen LogP contribution in [0.25, 0.3) is 0 Å². The molecule has 1 aliphatic rings. The number of halogens is 1. The van der Waals surface area contributed by atoms with Gasteiger partial charge < -0.3 is 10.6 Å². The van der Waals surface area contributed by atoms with Crippen molar-refractivity contribution in [2.24, 2.45) is 0 Å². The van der Waals surface area contributed by atoms with Crippen LogP contribution in [0.15, 0.2) is 42.5 Å². The molecule has 1 atom stereocenters. The lowest BCUT2D eigenvalue weighted by atomic mass is 9.96. The fourth-order valence-corrected chi connectivity index (χ4v) is 2.77. The number of fused-ring (bicyclic) bond motifs is 1. The number of anilines is 3. The number of benzene rings is 2. The minimum atomic E-state index is -0.261. The van der Waals surface area contributed by atoms with Crippen LogP contribution >= 0.6 is 0 Å². The number of aryl methyl sites for hydroxylation is 1. The van der Waals surface area contributed by atoms with E-state index in [1.807, 2.05) is 12.1 Å². The molecule has 2 aromatic rings. The van der Waals surface area contributed by atoms with E-state index in [1.54, 1.807) is 12.1 Å². The maximum atomic E-state index is 14.2. The molecular weight excluding hydrogens is 239 g/mol. The highest BCUT2D eigenvalue weighted by molar-refractivity contribution is 5.70. The molecule has 2 nitrogen and oxygen atoms in total. The third-order valence-electron chi connectivity index (χ3n) is 3.75. The van der Waals surface area contributed by atoms with Gasteiger partial charge in [-0.05, 0) is 49.6 Å². The van der Waals surface area contributed by atoms with Crippen LogP contribution in [0.2, 0.25) is 0 Å². The van der Waals surface area contributed by atoms with E-state index in [0.29, 0.717) is 11.4 Å². The number of rotatable bonds is 1. The van der Waals surface area contributed by atoms with Gasteiger partial charge in [-0.2, -0.15) is 0 Å². The molecule has 0 spiro atoms. The Balaban J connectivity index is 2.13. The van der Waals surface area contributed by atoms with Crippen molar-refractivity contribution in [3.63, 3.8) is 0 Å². The van der Waals surface area contributed by atoms with E-state index in [-0.39, 0.29) is 11.9 Å². The average molecular weight is 256 g/mol. The molecule has 3 heteroatoms. The SMILES string of the molecule is CC1CCc2ccccc2N1c1ccc(N)cc1F. The monoisotopic (exact) mass is 256 g/mol. The van der Waals surface area contributed by atoms with E-state index in [9.17, 15) is 4.39 Å². The molecular formula is C16H17FN2. The van der Waals surface area contributed by atoms with Gasteiger partial charge in [0.25, 0.3) is 0 Å². The zero-order chi connectivity index (χ0) is 13.4. The fraction of sp³-hybridized carbons (Fsp3) is 0.250. The lowest BCUT2D eigenvalue weighted by molar-refractivity contribution is 0.585. The third kappa shape index (κ3) is 2.05. The number of nitrogen functional groups attached to an aromatic ring is 1. The van der Waals surface area contributed by atoms with Gasteiger partial charge in [0.05, 0.1) is 5.69 Å². The van der Waals surface area contributed by atoms with Crippen molar-refractivity contribution < 1.29 is 4.39 Å². The molecule has 2 N–H and O–H groups in total. The summed E-state index contributed by atoms with van der Waals surface area (Å²) in [6, 6.07) is 13.4. The second-order valence-corrected chi connectivity index (χ2v) is 5.10. The van der Waals surface area contributed by atoms with Gasteiger partial charge in [-0.25, -0.2) is 4.39 Å². The zero-order valence-corrected chi connectivity index (χ0v) is 10.9. The first kappa shape index (κ1) is 12.0. The van der Waals surface area contributed by atoms with Crippen LogP contribution in [-0.4, -0.2) is 6.04 Å². The number of hydrogen-bond acceptors (Lipinski definition) is 2. The topological polar surface area (TPSA) is 29.3 Å². The largest absolute Gasteiger partial charge is 0.399 e. The molecule has 1 heterocycles. The van der Waals surface area contributed by atoms with Gasteiger partial charge in [-0.3, -0.25) is 0 Å². The summed E-state index contributed by atoms with van der Waals surface area (Å²) in [6.07, 6.45) is 2.07. The molecule has 0 amide bonds. The summed E-state index contributed by atoms with van der Waals surface area (Å²) >= 11 is 0. The summed E-state index contributed by atoms with van der Waals surface area (Å²) in [5, 5.41) is 0. The van der Waals surface area contributed by atoms with Crippen LogP contribution in [0.5, 0.6) is 0 Å². The van der Waals surface area contributed by atoms with Gasteiger partial charge in [0.15, 0.2) is 0 Å². The van der Waals surface area contributed by atoms with Crippen molar-refractivity contribution in [2.75, 3.05) is 10.6 Å². The van der Waals surface area contributed by atoms with Gasteiger partial charge in [0.1, 0.15) is 5.82 Å². The quantitative estimate of drug-likeness (QED) is 0.784. The Morgan fingerprint density at radius 1 is 1.16 bits per heavy atom. The van der Waals surface area contributed by atoms with Crippen molar-refractivity contribution in [1.29, 1.82) is 0 Å². The summed E-state index contributed by atoms with van der Waals surface area (Å²) in [4.78, 5) is 2.08. The van der Waals surface area contributed by atoms with Crippen molar-refractivity contribution >= 4 is 17.1 Å². The fourth-order valence-electron chi connectivity index (χ4n) is 2.77. The molecule has 0 saturated carbocycles. The molecule has 1 aliphatic heterocycles. The van der Waals surface area contributed by atoms with Crippen molar-refractivity contribution in [2.45, 2.75) is 25.8 Å². The summed E-state index contributed by atoms with van der Waals surface area (Å²) < 4.78 is 14.2. The van der Waals surface area contributed by atoms with Gasteiger partial charge in [0.2, 0.25) is 0 Å². The van der Waals surface area contributed by atoms with Crippen molar-refractivity contribution in [3.8, 4) is 0 Å². The molecule has 0 bridgehead atoms. The highest BCUT2D eigenvalue weighted by Crippen LogP contribution is 2.38. The average Bonchev–Trinajstić information content (AvgIpc) is 2.40. The molecule has 3 rings (SSSR count). The summed E-state index contributed by atoms with van der Waals surface area (Å²) in [7, 11) is 0. The molecule has 0 saturated heterocycles. The Hall–Kier alpha value is -2.03. The van der Waals surface area contributed by atoms with Crippen molar-refractivity contribution in [1.82, 2.24) is 0 Å². The van der Waals surface area contributed by atoms with Gasteiger partial charge >= 0.3 is 0 Å². The van der Waals surface area contributed by atoms with Crippen LogP contribution in [0.1, 0.15) is 18.9 Å². The molecule has 0 fully saturated rings. The van der Waals surface area contributed by atoms with E-state index < -0.39 is 0 Å². The number of nitrogens with two attached hydrogens (primary N) is 1. The van der Waals surface area contributed by atoms with E-state index in [4.69, 9.17) is 5.73 Å². The molecule has 1 unspecified atom stereocenters. The number of hydrogen-bond donors (Lipinski definition) is 1. The molecule has 2 aromatic carbocycles. The minimum Gasteiger partial charge on any atom is -0.399 e. The Labute approximate surface area is 112 Å². The Morgan fingerprint density at radius 2 is 1.95 bits per heavy atom. The van der Waals surface area contributed by atoms with E-state index >= 15 is 0 Å². The predicted octanol–water partition coefficient (Wildman–Crippen LogP) is 3.88. The van der Waals surface area contributed by atoms with Crippen LogP contribution in [0.4, 0.5) is 21.5 Å². The van der Waals surface area contributed by atoms with Gasteiger partial charge in [0, 0.05) is 17.4 Å². The van der Waals surface area contributed by atoms with E-state index in [2.05, 4.69) is 24.0 Å². The lowest BCUT2D eigenvalue weighted by Crippen LogP contribution is -2.33. The second-order valence-electron chi connectivity index (χ2n) is 5.10. The Kier molecular flexibility index (Phi) is 2.90. The highest BCUT2D eigenvalue weighted by Gasteiger charge is 2.25. The summed E-state index contributed by atoms with van der Waals surface area (Å²) in [5.41, 5.74) is 9.07. The maximum Gasteiger partial charge on any atom is 0.148 e. The first-order valence-corrected chi connectivity index (χ1v) is 6.59.